The molecular weight excluding hydrogens is 356 g/mol. The van der Waals surface area contributed by atoms with Crippen LogP contribution in [0.5, 0.6) is 23.0 Å². The van der Waals surface area contributed by atoms with Gasteiger partial charge in [-0.2, -0.15) is 0 Å². The highest BCUT2D eigenvalue weighted by Gasteiger charge is 2.25. The smallest absolute Gasteiger partial charge is 0.308 e. The minimum absolute atomic E-state index is 0.0193. The van der Waals surface area contributed by atoms with Crippen LogP contribution >= 0.6 is 0 Å². The second-order valence-electron chi connectivity index (χ2n) is 5.75. The number of furan rings is 1. The van der Waals surface area contributed by atoms with Crippen LogP contribution in [0.15, 0.2) is 38.1 Å². The van der Waals surface area contributed by atoms with E-state index in [1.54, 1.807) is 6.07 Å². The van der Waals surface area contributed by atoms with Gasteiger partial charge in [-0.3, -0.25) is 9.59 Å². The molecule has 138 valence electrons. The predicted octanol–water partition coefficient (Wildman–Crippen LogP) is 3.34. The van der Waals surface area contributed by atoms with Gasteiger partial charge in [0.2, 0.25) is 11.2 Å². The number of rotatable bonds is 3. The van der Waals surface area contributed by atoms with Gasteiger partial charge in [-0.05, 0) is 18.2 Å². The first-order valence-electron chi connectivity index (χ1n) is 7.90. The van der Waals surface area contributed by atoms with E-state index in [0.717, 1.165) is 0 Å². The fraction of sp³-hybridized carbons (Fsp3) is 0.158. The predicted molar refractivity (Wildman–Crippen MR) is 95.8 cm³/mol. The van der Waals surface area contributed by atoms with Crippen LogP contribution in [-0.2, 0) is 4.79 Å². The molecule has 0 radical (unpaired) electrons. The van der Waals surface area contributed by atoms with E-state index in [1.165, 1.54) is 39.5 Å². The van der Waals surface area contributed by atoms with Crippen molar-refractivity contribution in [2.75, 3.05) is 14.2 Å². The summed E-state index contributed by atoms with van der Waals surface area (Å²) in [7, 11) is 2.86. The molecule has 2 aromatic heterocycles. The lowest BCUT2D eigenvalue weighted by Gasteiger charge is -2.12. The lowest BCUT2D eigenvalue weighted by Crippen LogP contribution is -2.07. The Bertz CT molecular complexity index is 1280. The van der Waals surface area contributed by atoms with E-state index >= 15 is 0 Å². The number of carbonyl (C=O) groups excluding carboxylic acids is 1. The molecule has 8 nitrogen and oxygen atoms in total. The molecule has 0 amide bonds. The third-order valence-electron chi connectivity index (χ3n) is 4.22. The van der Waals surface area contributed by atoms with E-state index in [4.69, 9.17) is 23.0 Å². The third kappa shape index (κ3) is 2.30. The Morgan fingerprint density at radius 2 is 1.78 bits per heavy atom. The van der Waals surface area contributed by atoms with Crippen molar-refractivity contribution in [3.05, 3.63) is 34.7 Å². The average Bonchev–Trinajstić information content (AvgIpc) is 3.13. The van der Waals surface area contributed by atoms with E-state index in [-0.39, 0.29) is 39.0 Å². The van der Waals surface area contributed by atoms with Gasteiger partial charge in [-0.25, -0.2) is 0 Å². The molecule has 4 rings (SSSR count). The summed E-state index contributed by atoms with van der Waals surface area (Å²) in [5.41, 5.74) is -0.507. The molecule has 0 aliphatic heterocycles. The Hall–Kier alpha value is -3.68. The molecule has 2 aromatic carbocycles. The highest BCUT2D eigenvalue weighted by molar-refractivity contribution is 6.10. The molecule has 0 aliphatic rings. The molecular formula is C19H14O8. The summed E-state index contributed by atoms with van der Waals surface area (Å²) in [5.74, 6) is -0.483. The summed E-state index contributed by atoms with van der Waals surface area (Å²) >= 11 is 0. The maximum Gasteiger partial charge on any atom is 0.308 e. The Labute approximate surface area is 151 Å². The molecule has 4 aromatic rings. The number of hydrogen-bond acceptors (Lipinski definition) is 8. The number of aromatic hydroxyl groups is 1. The van der Waals surface area contributed by atoms with Crippen molar-refractivity contribution < 1.29 is 32.9 Å². The summed E-state index contributed by atoms with van der Waals surface area (Å²) in [4.78, 5) is 24.7. The molecule has 0 aliphatic carbocycles. The van der Waals surface area contributed by atoms with Crippen molar-refractivity contribution in [3.8, 4) is 23.0 Å². The molecule has 2 heterocycles. The summed E-state index contributed by atoms with van der Waals surface area (Å²) < 4.78 is 27.0. The molecule has 0 fully saturated rings. The van der Waals surface area contributed by atoms with Crippen LogP contribution in [0.25, 0.3) is 32.9 Å². The van der Waals surface area contributed by atoms with Gasteiger partial charge in [0.15, 0.2) is 34.0 Å². The summed E-state index contributed by atoms with van der Waals surface area (Å²) in [5, 5.41) is 10.9. The Balaban J connectivity index is 2.29. The summed E-state index contributed by atoms with van der Waals surface area (Å²) in [6, 6.07) is 4.55. The van der Waals surface area contributed by atoms with E-state index in [1.807, 2.05) is 0 Å². The van der Waals surface area contributed by atoms with Crippen molar-refractivity contribution in [1.29, 1.82) is 0 Å². The van der Waals surface area contributed by atoms with E-state index in [2.05, 4.69) is 0 Å². The van der Waals surface area contributed by atoms with Crippen molar-refractivity contribution in [2.45, 2.75) is 6.92 Å². The van der Waals surface area contributed by atoms with Crippen LogP contribution < -0.4 is 19.6 Å². The number of benzene rings is 2. The van der Waals surface area contributed by atoms with Crippen LogP contribution in [-0.4, -0.2) is 25.3 Å². The SMILES string of the molecule is COc1ccc2c(=O)c3c(O)c4occc4c(OC(C)=O)c3oc2c1OC. The second kappa shape index (κ2) is 5.94. The normalized spacial score (nSPS) is 11.2. The molecule has 0 saturated carbocycles. The van der Waals surface area contributed by atoms with E-state index in [0.29, 0.717) is 11.1 Å². The first-order valence-corrected chi connectivity index (χ1v) is 7.90. The molecule has 0 unspecified atom stereocenters. The van der Waals surface area contributed by atoms with Crippen molar-refractivity contribution in [3.63, 3.8) is 0 Å². The molecule has 0 atom stereocenters. The zero-order valence-corrected chi connectivity index (χ0v) is 14.6. The molecule has 0 spiro atoms. The summed E-state index contributed by atoms with van der Waals surface area (Å²) in [6.45, 7) is 1.22. The van der Waals surface area contributed by atoms with Gasteiger partial charge in [-0.15, -0.1) is 0 Å². The number of hydrogen-bond donors (Lipinski definition) is 1. The van der Waals surface area contributed by atoms with Crippen molar-refractivity contribution in [2.24, 2.45) is 0 Å². The van der Waals surface area contributed by atoms with Gasteiger partial charge in [-0.1, -0.05) is 0 Å². The van der Waals surface area contributed by atoms with Crippen LogP contribution in [0.3, 0.4) is 0 Å². The standard InChI is InChI=1S/C19H14O8/c1-8(20)26-17-10-6-7-25-15(10)14(22)12-13(21)9-4-5-11(23-2)18(24-3)16(9)27-19(12)17/h4-7,22H,1-3H3. The monoisotopic (exact) mass is 370 g/mol. The quantitative estimate of drug-likeness (QED) is 0.332. The third-order valence-corrected chi connectivity index (χ3v) is 4.22. The van der Waals surface area contributed by atoms with Gasteiger partial charge in [0, 0.05) is 6.92 Å². The molecule has 1 N–H and O–H groups in total. The topological polar surface area (TPSA) is 108 Å². The fourth-order valence-corrected chi connectivity index (χ4v) is 3.10. The lowest BCUT2D eigenvalue weighted by atomic mass is 10.1. The van der Waals surface area contributed by atoms with Crippen LogP contribution in [0, 0.1) is 0 Å². The highest BCUT2D eigenvalue weighted by atomic mass is 16.5. The second-order valence-corrected chi connectivity index (χ2v) is 5.75. The fourth-order valence-electron chi connectivity index (χ4n) is 3.10. The van der Waals surface area contributed by atoms with Crippen molar-refractivity contribution in [1.82, 2.24) is 0 Å². The Kier molecular flexibility index (Phi) is 3.69. The maximum absolute atomic E-state index is 13.1. The first kappa shape index (κ1) is 16.8. The van der Waals surface area contributed by atoms with E-state index < -0.39 is 17.1 Å². The number of phenols is 1. The number of carbonyl (C=O) groups is 1. The number of ether oxygens (including phenoxy) is 3. The summed E-state index contributed by atoms with van der Waals surface area (Å²) in [6.07, 6.45) is 1.31. The van der Waals surface area contributed by atoms with Gasteiger partial charge < -0.3 is 28.2 Å². The minimum Gasteiger partial charge on any atom is -0.504 e. The largest absolute Gasteiger partial charge is 0.504 e. The van der Waals surface area contributed by atoms with Crippen LogP contribution in [0.1, 0.15) is 6.92 Å². The Morgan fingerprint density at radius 1 is 1.00 bits per heavy atom. The number of methoxy groups -OCH3 is 2. The number of phenolic OH excluding ortho intramolecular Hbond substituents is 1. The molecule has 27 heavy (non-hydrogen) atoms. The number of esters is 1. The van der Waals surface area contributed by atoms with Gasteiger partial charge in [0.1, 0.15) is 5.39 Å². The zero-order chi connectivity index (χ0) is 19.3. The van der Waals surface area contributed by atoms with Gasteiger partial charge >= 0.3 is 5.97 Å². The van der Waals surface area contributed by atoms with Gasteiger partial charge in [0.25, 0.3) is 0 Å². The molecule has 0 saturated heterocycles. The average molecular weight is 370 g/mol. The number of fused-ring (bicyclic) bond motifs is 3. The zero-order valence-electron chi connectivity index (χ0n) is 14.6. The molecule has 0 bridgehead atoms. The maximum atomic E-state index is 13.1. The van der Waals surface area contributed by atoms with Crippen LogP contribution in [0.4, 0.5) is 0 Å². The lowest BCUT2D eigenvalue weighted by molar-refractivity contribution is -0.131. The first-order chi connectivity index (χ1) is 13.0. The minimum atomic E-state index is -0.621. The van der Waals surface area contributed by atoms with Crippen molar-refractivity contribution >= 4 is 38.9 Å². The van der Waals surface area contributed by atoms with Crippen LogP contribution in [0.2, 0.25) is 0 Å². The van der Waals surface area contributed by atoms with E-state index in [9.17, 15) is 14.7 Å². The highest BCUT2D eigenvalue weighted by Crippen LogP contribution is 2.44. The molecule has 8 heteroatoms. The Morgan fingerprint density at radius 3 is 2.44 bits per heavy atom. The van der Waals surface area contributed by atoms with Gasteiger partial charge in [0.05, 0.1) is 31.3 Å².